The Bertz CT molecular complexity index is 613. The van der Waals surface area contributed by atoms with E-state index in [4.69, 9.17) is 4.98 Å². The minimum Gasteiger partial charge on any atom is -0.309 e. The van der Waals surface area contributed by atoms with Crippen LogP contribution < -0.4 is 5.32 Å². The zero-order valence-electron chi connectivity index (χ0n) is 10.7. The lowest BCUT2D eigenvalue weighted by atomic mass is 10.1. The van der Waals surface area contributed by atoms with E-state index in [1.807, 2.05) is 11.6 Å². The largest absolute Gasteiger partial charge is 0.309 e. The number of para-hydroxylation sites is 1. The van der Waals surface area contributed by atoms with Gasteiger partial charge in [-0.1, -0.05) is 19.1 Å². The molecule has 19 heavy (non-hydrogen) atoms. The molecular formula is C14H15N3S2. The highest BCUT2D eigenvalue weighted by Gasteiger charge is 2.15. The van der Waals surface area contributed by atoms with Crippen molar-refractivity contribution in [3.63, 3.8) is 0 Å². The first kappa shape index (κ1) is 12.7. The SMILES string of the molecule is CCNC(Cc1nc2ccccc2s1)c1cscn1. The average molecular weight is 289 g/mol. The smallest absolute Gasteiger partial charge is 0.0958 e. The molecule has 0 aliphatic heterocycles. The molecule has 1 atom stereocenters. The summed E-state index contributed by atoms with van der Waals surface area (Å²) in [7, 11) is 0. The van der Waals surface area contributed by atoms with E-state index >= 15 is 0 Å². The molecule has 0 spiro atoms. The molecule has 5 heteroatoms. The fourth-order valence-corrected chi connectivity index (χ4v) is 3.72. The molecule has 3 aromatic rings. The number of thiazole rings is 2. The first-order valence-electron chi connectivity index (χ1n) is 6.32. The van der Waals surface area contributed by atoms with Crippen molar-refractivity contribution in [1.82, 2.24) is 15.3 Å². The summed E-state index contributed by atoms with van der Waals surface area (Å²) < 4.78 is 1.26. The zero-order valence-corrected chi connectivity index (χ0v) is 12.3. The van der Waals surface area contributed by atoms with Crippen LogP contribution in [0.1, 0.15) is 23.7 Å². The Hall–Kier alpha value is -1.30. The van der Waals surface area contributed by atoms with Crippen LogP contribution >= 0.6 is 22.7 Å². The third-order valence-corrected chi connectivity index (χ3v) is 4.64. The highest BCUT2D eigenvalue weighted by atomic mass is 32.1. The minimum absolute atomic E-state index is 0.261. The van der Waals surface area contributed by atoms with Gasteiger partial charge in [0.2, 0.25) is 0 Å². The van der Waals surface area contributed by atoms with Gasteiger partial charge in [-0.3, -0.25) is 0 Å². The molecule has 0 fully saturated rings. The van der Waals surface area contributed by atoms with Crippen molar-refractivity contribution < 1.29 is 0 Å². The number of rotatable bonds is 5. The first-order chi connectivity index (χ1) is 9.36. The predicted molar refractivity (Wildman–Crippen MR) is 81.9 cm³/mol. The maximum Gasteiger partial charge on any atom is 0.0958 e. The Morgan fingerprint density at radius 1 is 1.32 bits per heavy atom. The van der Waals surface area contributed by atoms with Gasteiger partial charge in [-0.05, 0) is 18.7 Å². The van der Waals surface area contributed by atoms with Crippen LogP contribution in [-0.4, -0.2) is 16.5 Å². The standard InChI is InChI=1S/C14H15N3S2/c1-2-15-11(12-8-18-9-16-12)7-14-17-10-5-3-4-6-13(10)19-14/h3-6,8-9,11,15H,2,7H2,1H3. The monoisotopic (exact) mass is 289 g/mol. The van der Waals surface area contributed by atoms with Crippen LogP contribution in [0, 0.1) is 0 Å². The van der Waals surface area contributed by atoms with Crippen molar-refractivity contribution in [3.05, 3.63) is 45.9 Å². The van der Waals surface area contributed by atoms with Gasteiger partial charge >= 0.3 is 0 Å². The molecular weight excluding hydrogens is 274 g/mol. The molecule has 0 aliphatic carbocycles. The highest BCUT2D eigenvalue weighted by molar-refractivity contribution is 7.18. The van der Waals surface area contributed by atoms with Crippen LogP contribution in [0.4, 0.5) is 0 Å². The Morgan fingerprint density at radius 2 is 2.21 bits per heavy atom. The Kier molecular flexibility index (Phi) is 3.87. The Morgan fingerprint density at radius 3 is 2.95 bits per heavy atom. The molecule has 0 saturated heterocycles. The van der Waals surface area contributed by atoms with E-state index in [1.54, 1.807) is 22.7 Å². The summed E-state index contributed by atoms with van der Waals surface area (Å²) in [5, 5.41) is 6.77. The average Bonchev–Trinajstić information content (AvgIpc) is 3.07. The van der Waals surface area contributed by atoms with Gasteiger partial charge < -0.3 is 5.32 Å². The summed E-state index contributed by atoms with van der Waals surface area (Å²) in [6.07, 6.45) is 0.900. The molecule has 1 unspecified atom stereocenters. The number of hydrogen-bond acceptors (Lipinski definition) is 5. The topological polar surface area (TPSA) is 37.8 Å². The maximum absolute atomic E-state index is 4.70. The van der Waals surface area contributed by atoms with Crippen LogP contribution in [0.2, 0.25) is 0 Å². The Labute approximate surface area is 120 Å². The van der Waals surface area contributed by atoms with Gasteiger partial charge in [-0.2, -0.15) is 0 Å². The maximum atomic E-state index is 4.70. The Balaban J connectivity index is 1.85. The van der Waals surface area contributed by atoms with Gasteiger partial charge in [-0.15, -0.1) is 22.7 Å². The lowest BCUT2D eigenvalue weighted by Crippen LogP contribution is -2.23. The van der Waals surface area contributed by atoms with E-state index in [2.05, 4.69) is 40.8 Å². The van der Waals surface area contributed by atoms with Gasteiger partial charge in [0.05, 0.1) is 32.5 Å². The highest BCUT2D eigenvalue weighted by Crippen LogP contribution is 2.26. The van der Waals surface area contributed by atoms with Crippen LogP contribution in [0.15, 0.2) is 35.2 Å². The van der Waals surface area contributed by atoms with E-state index in [0.717, 1.165) is 24.2 Å². The molecule has 0 amide bonds. The van der Waals surface area contributed by atoms with Crippen molar-refractivity contribution in [1.29, 1.82) is 0 Å². The van der Waals surface area contributed by atoms with E-state index in [1.165, 1.54) is 9.71 Å². The summed E-state index contributed by atoms with van der Waals surface area (Å²) >= 11 is 3.41. The zero-order chi connectivity index (χ0) is 13.1. The summed E-state index contributed by atoms with van der Waals surface area (Å²) in [4.78, 5) is 9.12. The van der Waals surface area contributed by atoms with Crippen LogP contribution in [-0.2, 0) is 6.42 Å². The van der Waals surface area contributed by atoms with Crippen molar-refractivity contribution in [2.24, 2.45) is 0 Å². The fourth-order valence-electron chi connectivity index (χ4n) is 2.10. The third kappa shape index (κ3) is 2.83. The normalized spacial score (nSPS) is 12.9. The molecule has 0 bridgehead atoms. The molecule has 98 valence electrons. The number of aromatic nitrogens is 2. The molecule has 1 N–H and O–H groups in total. The second-order valence-electron chi connectivity index (χ2n) is 4.30. The van der Waals surface area contributed by atoms with Gasteiger partial charge in [0, 0.05) is 11.8 Å². The molecule has 0 aliphatic rings. The van der Waals surface area contributed by atoms with E-state index in [-0.39, 0.29) is 6.04 Å². The van der Waals surface area contributed by atoms with E-state index < -0.39 is 0 Å². The molecule has 0 saturated carbocycles. The molecule has 0 radical (unpaired) electrons. The lowest BCUT2D eigenvalue weighted by molar-refractivity contribution is 0.538. The summed E-state index contributed by atoms with van der Waals surface area (Å²) in [6, 6.07) is 8.56. The number of fused-ring (bicyclic) bond motifs is 1. The van der Waals surface area contributed by atoms with Gasteiger partial charge in [0.25, 0.3) is 0 Å². The van der Waals surface area contributed by atoms with Gasteiger partial charge in [0.1, 0.15) is 0 Å². The van der Waals surface area contributed by atoms with Crippen LogP contribution in [0.5, 0.6) is 0 Å². The van der Waals surface area contributed by atoms with Crippen LogP contribution in [0.3, 0.4) is 0 Å². The van der Waals surface area contributed by atoms with E-state index in [0.29, 0.717) is 0 Å². The predicted octanol–water partition coefficient (Wildman–Crippen LogP) is 3.65. The third-order valence-electron chi connectivity index (χ3n) is 2.98. The molecule has 3 nitrogen and oxygen atoms in total. The molecule has 2 heterocycles. The van der Waals surface area contributed by atoms with Crippen LogP contribution in [0.25, 0.3) is 10.2 Å². The first-order valence-corrected chi connectivity index (χ1v) is 8.08. The van der Waals surface area contributed by atoms with Gasteiger partial charge in [-0.25, -0.2) is 9.97 Å². The van der Waals surface area contributed by atoms with E-state index in [9.17, 15) is 0 Å². The van der Waals surface area contributed by atoms with Crippen molar-refractivity contribution in [2.75, 3.05) is 6.54 Å². The van der Waals surface area contributed by atoms with Crippen molar-refractivity contribution in [2.45, 2.75) is 19.4 Å². The van der Waals surface area contributed by atoms with Crippen molar-refractivity contribution in [3.8, 4) is 0 Å². The second kappa shape index (κ2) is 5.77. The summed E-state index contributed by atoms with van der Waals surface area (Å²) in [5.41, 5.74) is 4.10. The van der Waals surface area contributed by atoms with Gasteiger partial charge in [0.15, 0.2) is 0 Å². The minimum atomic E-state index is 0.261. The number of nitrogens with one attached hydrogen (secondary N) is 1. The molecule has 3 rings (SSSR count). The lowest BCUT2D eigenvalue weighted by Gasteiger charge is -2.13. The quantitative estimate of drug-likeness (QED) is 0.779. The number of likely N-dealkylation sites (N-methyl/N-ethyl adjacent to an activating group) is 1. The number of benzene rings is 1. The summed E-state index contributed by atoms with van der Waals surface area (Å²) in [6.45, 7) is 3.06. The second-order valence-corrected chi connectivity index (χ2v) is 6.14. The summed E-state index contributed by atoms with van der Waals surface area (Å²) in [5.74, 6) is 0. The number of nitrogens with zero attached hydrogens (tertiary/aromatic N) is 2. The van der Waals surface area contributed by atoms with Crippen molar-refractivity contribution >= 4 is 32.9 Å². The molecule has 2 aromatic heterocycles. The number of hydrogen-bond donors (Lipinski definition) is 1. The molecule has 1 aromatic carbocycles. The fraction of sp³-hybridized carbons (Fsp3) is 0.286.